The molecular formula is C11H11BrClN3O. The lowest BCUT2D eigenvalue weighted by molar-refractivity contribution is 0.173. The van der Waals surface area contributed by atoms with Gasteiger partial charge in [0.2, 0.25) is 0 Å². The van der Waals surface area contributed by atoms with Crippen molar-refractivity contribution in [1.29, 1.82) is 0 Å². The Bertz CT molecular complexity index is 529. The maximum atomic E-state index is 9.99. The van der Waals surface area contributed by atoms with E-state index in [0.29, 0.717) is 17.1 Å². The molecule has 0 aliphatic rings. The van der Waals surface area contributed by atoms with Crippen molar-refractivity contribution >= 4 is 27.5 Å². The number of aliphatic hydroxyl groups excluding tert-OH is 1. The normalized spacial score (nSPS) is 12.7. The molecule has 1 aromatic carbocycles. The fourth-order valence-electron chi connectivity index (χ4n) is 1.51. The van der Waals surface area contributed by atoms with Crippen LogP contribution in [-0.4, -0.2) is 20.1 Å². The van der Waals surface area contributed by atoms with Crippen LogP contribution in [0.25, 0.3) is 0 Å². The van der Waals surface area contributed by atoms with Crippen LogP contribution in [0.4, 0.5) is 0 Å². The van der Waals surface area contributed by atoms with E-state index in [1.54, 1.807) is 19.3 Å². The monoisotopic (exact) mass is 315 g/mol. The Hall–Kier alpha value is -0.910. The first-order chi connectivity index (χ1) is 8.06. The molecule has 2 aromatic rings. The minimum atomic E-state index is -0.692. The molecule has 1 heterocycles. The summed E-state index contributed by atoms with van der Waals surface area (Å²) in [5.74, 6) is 0. The highest BCUT2D eigenvalue weighted by atomic mass is 79.9. The number of aliphatic hydroxyl groups is 1. The first-order valence-electron chi connectivity index (χ1n) is 5.04. The number of hydrogen-bond acceptors (Lipinski definition) is 3. The lowest BCUT2D eigenvalue weighted by atomic mass is 10.1. The van der Waals surface area contributed by atoms with Gasteiger partial charge in [0, 0.05) is 23.0 Å². The minimum absolute atomic E-state index is 0.421. The van der Waals surface area contributed by atoms with E-state index < -0.39 is 6.10 Å². The number of aryl methyl sites for hydroxylation is 1. The van der Waals surface area contributed by atoms with Crippen LogP contribution in [0.15, 0.2) is 28.9 Å². The largest absolute Gasteiger partial charge is 0.386 e. The molecule has 0 fully saturated rings. The quantitative estimate of drug-likeness (QED) is 0.946. The van der Waals surface area contributed by atoms with Gasteiger partial charge in [-0.15, -0.1) is 0 Å². The van der Waals surface area contributed by atoms with Gasteiger partial charge in [0.15, 0.2) is 0 Å². The molecular weight excluding hydrogens is 305 g/mol. The molecule has 90 valence electrons. The van der Waals surface area contributed by atoms with Gasteiger partial charge in [-0.3, -0.25) is 0 Å². The second-order valence-corrected chi connectivity index (χ2v) is 5.04. The Kier molecular flexibility index (Phi) is 3.81. The number of aromatic nitrogens is 3. The molecule has 0 aliphatic carbocycles. The summed E-state index contributed by atoms with van der Waals surface area (Å²) < 4.78 is 0.917. The minimum Gasteiger partial charge on any atom is -0.386 e. The predicted molar refractivity (Wildman–Crippen MR) is 68.8 cm³/mol. The maximum absolute atomic E-state index is 9.99. The van der Waals surface area contributed by atoms with Gasteiger partial charge < -0.3 is 5.11 Å². The Morgan fingerprint density at radius 1 is 1.53 bits per heavy atom. The van der Waals surface area contributed by atoms with Crippen LogP contribution in [-0.2, 0) is 13.5 Å². The molecule has 0 saturated heterocycles. The molecule has 17 heavy (non-hydrogen) atoms. The van der Waals surface area contributed by atoms with Crippen molar-refractivity contribution in [3.63, 3.8) is 0 Å². The highest BCUT2D eigenvalue weighted by Gasteiger charge is 2.14. The number of nitrogens with zero attached hydrogens (tertiary/aromatic N) is 3. The summed E-state index contributed by atoms with van der Waals surface area (Å²) >= 11 is 9.42. The summed E-state index contributed by atoms with van der Waals surface area (Å²) in [7, 11) is 1.71. The van der Waals surface area contributed by atoms with Crippen molar-refractivity contribution < 1.29 is 5.11 Å². The highest BCUT2D eigenvalue weighted by molar-refractivity contribution is 9.10. The molecule has 0 aliphatic heterocycles. The Morgan fingerprint density at radius 3 is 2.88 bits per heavy atom. The molecule has 6 heteroatoms. The van der Waals surface area contributed by atoms with Crippen molar-refractivity contribution in [2.45, 2.75) is 12.5 Å². The molecule has 0 amide bonds. The van der Waals surface area contributed by atoms with Crippen LogP contribution in [0.2, 0.25) is 5.02 Å². The van der Waals surface area contributed by atoms with Crippen molar-refractivity contribution in [2.75, 3.05) is 0 Å². The number of benzene rings is 1. The molecule has 0 bridgehead atoms. The van der Waals surface area contributed by atoms with Gasteiger partial charge in [-0.1, -0.05) is 33.6 Å². The smallest absolute Gasteiger partial charge is 0.112 e. The SMILES string of the molecule is Cn1ncc(C(O)Cc2ccc(Br)cc2Cl)n1. The summed E-state index contributed by atoms with van der Waals surface area (Å²) in [5, 5.41) is 18.6. The predicted octanol–water partition coefficient (Wildman–Crippen LogP) is 2.51. The third-order valence-corrected chi connectivity index (χ3v) is 3.23. The lowest BCUT2D eigenvalue weighted by Crippen LogP contribution is -2.04. The van der Waals surface area contributed by atoms with E-state index in [0.717, 1.165) is 10.0 Å². The van der Waals surface area contributed by atoms with E-state index in [1.165, 1.54) is 4.80 Å². The summed E-state index contributed by atoms with van der Waals surface area (Å²) in [6.07, 6.45) is 1.28. The standard InChI is InChI=1S/C11H11BrClN3O/c1-16-14-6-10(15-16)11(17)4-7-2-3-8(12)5-9(7)13/h2-3,5-6,11,17H,4H2,1H3. The van der Waals surface area contributed by atoms with Gasteiger partial charge in [-0.25, -0.2) is 0 Å². The van der Waals surface area contributed by atoms with Crippen molar-refractivity contribution in [2.24, 2.45) is 7.05 Å². The number of hydrogen-bond donors (Lipinski definition) is 1. The van der Waals surface area contributed by atoms with E-state index in [4.69, 9.17) is 11.6 Å². The Labute approximate surface area is 112 Å². The molecule has 0 radical (unpaired) electrons. The van der Waals surface area contributed by atoms with Crippen LogP contribution in [0.1, 0.15) is 17.4 Å². The zero-order valence-corrected chi connectivity index (χ0v) is 11.5. The molecule has 0 saturated carbocycles. The van der Waals surface area contributed by atoms with Gasteiger partial charge in [0.05, 0.1) is 6.20 Å². The molecule has 0 spiro atoms. The second-order valence-electron chi connectivity index (χ2n) is 3.71. The van der Waals surface area contributed by atoms with E-state index in [9.17, 15) is 5.11 Å². The Morgan fingerprint density at radius 2 is 2.29 bits per heavy atom. The molecule has 1 unspecified atom stereocenters. The molecule has 4 nitrogen and oxygen atoms in total. The van der Waals surface area contributed by atoms with Crippen LogP contribution < -0.4 is 0 Å². The number of halogens is 2. The average molecular weight is 317 g/mol. The van der Waals surface area contributed by atoms with Crippen LogP contribution in [0.5, 0.6) is 0 Å². The third kappa shape index (κ3) is 3.06. The summed E-state index contributed by atoms with van der Waals surface area (Å²) in [6.45, 7) is 0. The van der Waals surface area contributed by atoms with Gasteiger partial charge in [0.1, 0.15) is 11.8 Å². The maximum Gasteiger partial charge on any atom is 0.112 e. The molecule has 2 rings (SSSR count). The average Bonchev–Trinajstić information content (AvgIpc) is 2.69. The van der Waals surface area contributed by atoms with Gasteiger partial charge in [-0.05, 0) is 17.7 Å². The van der Waals surface area contributed by atoms with E-state index >= 15 is 0 Å². The van der Waals surface area contributed by atoms with E-state index in [2.05, 4.69) is 26.1 Å². The topological polar surface area (TPSA) is 50.9 Å². The second kappa shape index (κ2) is 5.16. The van der Waals surface area contributed by atoms with Crippen molar-refractivity contribution in [3.05, 3.63) is 45.1 Å². The van der Waals surface area contributed by atoms with E-state index in [1.807, 2.05) is 12.1 Å². The van der Waals surface area contributed by atoms with Gasteiger partial charge in [-0.2, -0.15) is 15.0 Å². The first-order valence-corrected chi connectivity index (χ1v) is 6.21. The van der Waals surface area contributed by atoms with Crippen molar-refractivity contribution in [1.82, 2.24) is 15.0 Å². The fraction of sp³-hybridized carbons (Fsp3) is 0.273. The summed E-state index contributed by atoms with van der Waals surface area (Å²) in [4.78, 5) is 1.42. The summed E-state index contributed by atoms with van der Waals surface area (Å²) in [6, 6.07) is 5.58. The van der Waals surface area contributed by atoms with E-state index in [-0.39, 0.29) is 0 Å². The molecule has 1 N–H and O–H groups in total. The van der Waals surface area contributed by atoms with Crippen molar-refractivity contribution in [3.8, 4) is 0 Å². The van der Waals surface area contributed by atoms with Crippen LogP contribution >= 0.6 is 27.5 Å². The lowest BCUT2D eigenvalue weighted by Gasteiger charge is -2.09. The molecule has 1 atom stereocenters. The Balaban J connectivity index is 2.15. The third-order valence-electron chi connectivity index (χ3n) is 2.39. The first kappa shape index (κ1) is 12.5. The summed E-state index contributed by atoms with van der Waals surface area (Å²) in [5.41, 5.74) is 1.43. The zero-order valence-electron chi connectivity index (χ0n) is 9.14. The molecule has 1 aromatic heterocycles. The fourth-order valence-corrected chi connectivity index (χ4v) is 2.26. The zero-order chi connectivity index (χ0) is 12.4. The highest BCUT2D eigenvalue weighted by Crippen LogP contribution is 2.25. The number of rotatable bonds is 3. The van der Waals surface area contributed by atoms with Gasteiger partial charge in [0.25, 0.3) is 0 Å². The van der Waals surface area contributed by atoms with Gasteiger partial charge >= 0.3 is 0 Å². The van der Waals surface area contributed by atoms with Crippen LogP contribution in [0.3, 0.4) is 0 Å². The van der Waals surface area contributed by atoms with Crippen LogP contribution in [0, 0.1) is 0 Å².